The summed E-state index contributed by atoms with van der Waals surface area (Å²) in [5.74, 6) is 1.40. The molecule has 1 aromatic rings. The minimum atomic E-state index is 0.375. The number of aromatic nitrogens is 2. The van der Waals surface area contributed by atoms with Crippen LogP contribution in [0.1, 0.15) is 38.8 Å². The van der Waals surface area contributed by atoms with Crippen LogP contribution in [0.4, 0.5) is 11.5 Å². The van der Waals surface area contributed by atoms with E-state index in [2.05, 4.69) is 37.8 Å². The van der Waals surface area contributed by atoms with Crippen LogP contribution in [0, 0.1) is 0 Å². The summed E-state index contributed by atoms with van der Waals surface area (Å²) >= 11 is 0. The molecule has 1 rings (SSSR count). The second-order valence-corrected chi connectivity index (χ2v) is 4.32. The Kier molecular flexibility index (Phi) is 3.61. The first-order valence-electron chi connectivity index (χ1n) is 5.52. The summed E-state index contributed by atoms with van der Waals surface area (Å²) in [5, 5.41) is 4.46. The fourth-order valence-corrected chi connectivity index (χ4v) is 1.87. The first kappa shape index (κ1) is 11.9. The van der Waals surface area contributed by atoms with Gasteiger partial charge in [0.05, 0.1) is 11.4 Å². The Morgan fingerprint density at radius 2 is 2.07 bits per heavy atom. The Morgan fingerprint density at radius 1 is 1.47 bits per heavy atom. The smallest absolute Gasteiger partial charge is 0.150 e. The maximum atomic E-state index is 6.11. The molecule has 0 bridgehead atoms. The van der Waals surface area contributed by atoms with Crippen LogP contribution in [0.15, 0.2) is 0 Å². The van der Waals surface area contributed by atoms with Gasteiger partial charge >= 0.3 is 0 Å². The molecular formula is C11H22N4. The van der Waals surface area contributed by atoms with Crippen LogP contribution in [-0.4, -0.2) is 23.4 Å². The minimum Gasteiger partial charge on any atom is -0.394 e. The molecule has 15 heavy (non-hydrogen) atoms. The molecule has 0 radical (unpaired) electrons. The Hall–Kier alpha value is -1.19. The summed E-state index contributed by atoms with van der Waals surface area (Å²) in [6.45, 7) is 7.39. The zero-order valence-electron chi connectivity index (χ0n) is 10.4. The van der Waals surface area contributed by atoms with Gasteiger partial charge in [-0.2, -0.15) is 5.10 Å². The monoisotopic (exact) mass is 210 g/mol. The molecule has 1 aromatic heterocycles. The molecule has 0 aromatic carbocycles. The second kappa shape index (κ2) is 4.55. The maximum absolute atomic E-state index is 6.11. The highest BCUT2D eigenvalue weighted by Gasteiger charge is 2.18. The summed E-state index contributed by atoms with van der Waals surface area (Å²) in [4.78, 5) is 2.16. The van der Waals surface area contributed by atoms with Gasteiger partial charge in [-0.3, -0.25) is 4.68 Å². The number of nitrogen functional groups attached to an aromatic ring is 1. The first-order valence-corrected chi connectivity index (χ1v) is 5.52. The highest BCUT2D eigenvalue weighted by atomic mass is 15.4. The Labute approximate surface area is 92.1 Å². The largest absolute Gasteiger partial charge is 0.394 e. The molecular weight excluding hydrogens is 188 g/mol. The van der Waals surface area contributed by atoms with Gasteiger partial charge < -0.3 is 10.6 Å². The molecule has 0 aliphatic heterocycles. The molecule has 1 heterocycles. The topological polar surface area (TPSA) is 47.1 Å². The van der Waals surface area contributed by atoms with Crippen LogP contribution in [0.3, 0.4) is 0 Å². The van der Waals surface area contributed by atoms with Crippen molar-refractivity contribution in [1.29, 1.82) is 0 Å². The number of aryl methyl sites for hydroxylation is 1. The third kappa shape index (κ3) is 2.25. The minimum absolute atomic E-state index is 0.375. The number of rotatable bonds is 4. The molecule has 0 unspecified atom stereocenters. The summed E-state index contributed by atoms with van der Waals surface area (Å²) in [5.41, 5.74) is 7.93. The van der Waals surface area contributed by atoms with E-state index in [0.29, 0.717) is 5.92 Å². The van der Waals surface area contributed by atoms with Crippen molar-refractivity contribution >= 4 is 11.5 Å². The van der Waals surface area contributed by atoms with Crippen molar-refractivity contribution in [1.82, 2.24) is 9.78 Å². The molecule has 86 valence electrons. The van der Waals surface area contributed by atoms with Crippen molar-refractivity contribution in [2.45, 2.75) is 33.1 Å². The number of hydrogen-bond donors (Lipinski definition) is 1. The van der Waals surface area contributed by atoms with Crippen LogP contribution < -0.4 is 10.6 Å². The predicted octanol–water partition coefficient (Wildman–Crippen LogP) is 1.97. The second-order valence-electron chi connectivity index (χ2n) is 4.32. The first-order chi connectivity index (χ1) is 6.99. The summed E-state index contributed by atoms with van der Waals surface area (Å²) < 4.78 is 1.88. The average Bonchev–Trinajstić information content (AvgIpc) is 2.42. The van der Waals surface area contributed by atoms with E-state index < -0.39 is 0 Å². The van der Waals surface area contributed by atoms with E-state index in [1.807, 2.05) is 11.7 Å². The molecule has 4 heteroatoms. The highest BCUT2D eigenvalue weighted by Crippen LogP contribution is 2.29. The van der Waals surface area contributed by atoms with Crippen molar-refractivity contribution in [3.8, 4) is 0 Å². The lowest BCUT2D eigenvalue weighted by molar-refractivity contribution is 0.695. The van der Waals surface area contributed by atoms with Crippen molar-refractivity contribution in [2.24, 2.45) is 7.05 Å². The lowest BCUT2D eigenvalue weighted by Gasteiger charge is -2.18. The quantitative estimate of drug-likeness (QED) is 0.826. The van der Waals surface area contributed by atoms with E-state index in [9.17, 15) is 0 Å². The number of hydrogen-bond acceptors (Lipinski definition) is 3. The molecule has 0 aliphatic carbocycles. The fourth-order valence-electron chi connectivity index (χ4n) is 1.87. The molecule has 0 saturated heterocycles. The molecule has 0 atom stereocenters. The zero-order valence-corrected chi connectivity index (χ0v) is 10.4. The van der Waals surface area contributed by atoms with Crippen molar-refractivity contribution in [2.75, 3.05) is 24.2 Å². The van der Waals surface area contributed by atoms with Crippen LogP contribution in [0.5, 0.6) is 0 Å². The molecule has 2 N–H and O–H groups in total. The Morgan fingerprint density at radius 3 is 2.47 bits per heavy atom. The van der Waals surface area contributed by atoms with Gasteiger partial charge in [0.25, 0.3) is 0 Å². The van der Waals surface area contributed by atoms with Crippen LogP contribution >= 0.6 is 0 Å². The van der Waals surface area contributed by atoms with Gasteiger partial charge in [-0.25, -0.2) is 0 Å². The lowest BCUT2D eigenvalue weighted by Crippen LogP contribution is -2.21. The van der Waals surface area contributed by atoms with Crippen molar-refractivity contribution in [3.05, 3.63) is 5.69 Å². The van der Waals surface area contributed by atoms with E-state index in [-0.39, 0.29) is 0 Å². The highest BCUT2D eigenvalue weighted by molar-refractivity contribution is 5.66. The van der Waals surface area contributed by atoms with Gasteiger partial charge in [0.1, 0.15) is 5.82 Å². The van der Waals surface area contributed by atoms with Gasteiger partial charge in [-0.1, -0.05) is 20.8 Å². The third-order valence-corrected chi connectivity index (χ3v) is 2.55. The number of nitrogens with zero attached hydrogens (tertiary/aromatic N) is 3. The summed E-state index contributed by atoms with van der Waals surface area (Å²) in [7, 11) is 4.00. The molecule has 0 spiro atoms. The molecule has 4 nitrogen and oxygen atoms in total. The van der Waals surface area contributed by atoms with Gasteiger partial charge in [-0.15, -0.1) is 0 Å². The lowest BCUT2D eigenvalue weighted by atomic mass is 10.1. The fraction of sp³-hybridized carbons (Fsp3) is 0.727. The van der Waals surface area contributed by atoms with Crippen molar-refractivity contribution < 1.29 is 0 Å². The predicted molar refractivity (Wildman–Crippen MR) is 65.3 cm³/mol. The number of anilines is 2. The third-order valence-electron chi connectivity index (χ3n) is 2.55. The van der Waals surface area contributed by atoms with Crippen molar-refractivity contribution in [3.63, 3.8) is 0 Å². The van der Waals surface area contributed by atoms with Crippen LogP contribution in [0.2, 0.25) is 0 Å². The number of nitrogens with two attached hydrogens (primary N) is 1. The van der Waals surface area contributed by atoms with Gasteiger partial charge in [0.2, 0.25) is 0 Å². The van der Waals surface area contributed by atoms with E-state index in [4.69, 9.17) is 5.73 Å². The average molecular weight is 210 g/mol. The normalized spacial score (nSPS) is 11.1. The standard InChI is InChI=1S/C11H22N4/c1-6-7-14(4)11-9(12)10(8(2)3)13-15(11)5/h8H,6-7,12H2,1-5H3. The van der Waals surface area contributed by atoms with Crippen LogP contribution in [0.25, 0.3) is 0 Å². The summed E-state index contributed by atoms with van der Waals surface area (Å²) in [6, 6.07) is 0. The van der Waals surface area contributed by atoms with Gasteiger partial charge in [-0.05, 0) is 12.3 Å². The Balaban J connectivity index is 3.07. The zero-order chi connectivity index (χ0) is 11.6. The van der Waals surface area contributed by atoms with Crippen LogP contribution in [-0.2, 0) is 7.05 Å². The molecule has 0 fully saturated rings. The van der Waals surface area contributed by atoms with Gasteiger partial charge in [0, 0.05) is 20.6 Å². The van der Waals surface area contributed by atoms with E-state index in [1.54, 1.807) is 0 Å². The maximum Gasteiger partial charge on any atom is 0.150 e. The molecule has 0 saturated carbocycles. The molecule has 0 amide bonds. The summed E-state index contributed by atoms with van der Waals surface area (Å²) in [6.07, 6.45) is 1.11. The SMILES string of the molecule is CCCN(C)c1c(N)c(C(C)C)nn1C. The van der Waals surface area contributed by atoms with Gasteiger partial charge in [0.15, 0.2) is 0 Å². The van der Waals surface area contributed by atoms with E-state index in [0.717, 1.165) is 30.2 Å². The van der Waals surface area contributed by atoms with E-state index >= 15 is 0 Å². The Bertz CT molecular complexity index is 328. The molecule has 0 aliphatic rings. The van der Waals surface area contributed by atoms with E-state index in [1.165, 1.54) is 0 Å².